The summed E-state index contributed by atoms with van der Waals surface area (Å²) in [6.07, 6.45) is 2.65. The molecule has 0 saturated heterocycles. The summed E-state index contributed by atoms with van der Waals surface area (Å²) in [6, 6.07) is 19.3. The molecule has 0 saturated carbocycles. The van der Waals surface area contributed by atoms with E-state index >= 15 is 0 Å². The zero-order valence-electron chi connectivity index (χ0n) is 12.7. The van der Waals surface area contributed by atoms with Gasteiger partial charge in [0.15, 0.2) is 0 Å². The van der Waals surface area contributed by atoms with E-state index < -0.39 is 0 Å². The Morgan fingerprint density at radius 2 is 1.09 bits per heavy atom. The van der Waals surface area contributed by atoms with Crippen molar-refractivity contribution in [2.45, 2.75) is 25.7 Å². The quantitative estimate of drug-likeness (QED) is 0.614. The first-order chi connectivity index (χ1) is 10.8. The van der Waals surface area contributed by atoms with Crippen molar-refractivity contribution < 1.29 is 14.3 Å². The van der Waals surface area contributed by atoms with Crippen LogP contribution >= 0.6 is 0 Å². The minimum atomic E-state index is 0.272. The van der Waals surface area contributed by atoms with Gasteiger partial charge in [-0.05, 0) is 37.1 Å². The third-order valence-electron chi connectivity index (χ3n) is 3.22. The predicted molar refractivity (Wildman–Crippen MR) is 87.3 cm³/mol. The van der Waals surface area contributed by atoms with Gasteiger partial charge in [-0.15, -0.1) is 0 Å². The molecule has 3 heteroatoms. The summed E-state index contributed by atoms with van der Waals surface area (Å²) in [4.78, 5) is 11.8. The molecule has 0 fully saturated rings. The lowest BCUT2D eigenvalue weighted by atomic mass is 10.1. The number of Topliss-reactive ketones (excluding diaryl/α,β-unsaturated/α-hetero) is 1. The second-order valence-electron chi connectivity index (χ2n) is 5.07. The molecule has 0 aliphatic rings. The summed E-state index contributed by atoms with van der Waals surface area (Å²) in [5.41, 5.74) is 0. The third-order valence-corrected chi connectivity index (χ3v) is 3.22. The number of hydrogen-bond acceptors (Lipinski definition) is 3. The standard InChI is InChI=1S/C19H22O3/c20-17(9-7-15-21-18-11-3-1-4-12-18)10-8-16-22-19-13-5-2-6-14-19/h1-6,11-14H,7-10,15-16H2. The van der Waals surface area contributed by atoms with Crippen molar-refractivity contribution in [2.24, 2.45) is 0 Å². The maximum absolute atomic E-state index is 11.8. The fraction of sp³-hybridized carbons (Fsp3) is 0.316. The van der Waals surface area contributed by atoms with Gasteiger partial charge in [-0.1, -0.05) is 36.4 Å². The number of benzene rings is 2. The summed E-state index contributed by atoms with van der Waals surface area (Å²) in [7, 11) is 0. The molecular formula is C19H22O3. The van der Waals surface area contributed by atoms with Crippen LogP contribution in [0.1, 0.15) is 25.7 Å². The molecule has 0 atom stereocenters. The Morgan fingerprint density at radius 3 is 1.50 bits per heavy atom. The molecule has 0 N–H and O–H groups in total. The Kier molecular flexibility index (Phi) is 7.03. The average Bonchev–Trinajstić information content (AvgIpc) is 2.57. The molecule has 116 valence electrons. The highest BCUT2D eigenvalue weighted by atomic mass is 16.5. The molecule has 0 radical (unpaired) electrons. The summed E-state index contributed by atoms with van der Waals surface area (Å²) >= 11 is 0. The smallest absolute Gasteiger partial charge is 0.133 e. The van der Waals surface area contributed by atoms with Gasteiger partial charge in [0.1, 0.15) is 17.3 Å². The van der Waals surface area contributed by atoms with Gasteiger partial charge in [-0.25, -0.2) is 0 Å². The summed E-state index contributed by atoms with van der Waals surface area (Å²) in [5.74, 6) is 1.98. The van der Waals surface area contributed by atoms with Gasteiger partial charge in [0.2, 0.25) is 0 Å². The van der Waals surface area contributed by atoms with Crippen LogP contribution < -0.4 is 9.47 Å². The molecule has 2 aromatic carbocycles. The zero-order chi connectivity index (χ0) is 15.5. The van der Waals surface area contributed by atoms with E-state index in [-0.39, 0.29) is 5.78 Å². The van der Waals surface area contributed by atoms with Crippen LogP contribution in [0.4, 0.5) is 0 Å². The van der Waals surface area contributed by atoms with Crippen molar-refractivity contribution in [2.75, 3.05) is 13.2 Å². The molecule has 22 heavy (non-hydrogen) atoms. The van der Waals surface area contributed by atoms with Gasteiger partial charge >= 0.3 is 0 Å². The highest BCUT2D eigenvalue weighted by Crippen LogP contribution is 2.10. The van der Waals surface area contributed by atoms with Crippen LogP contribution in [0.2, 0.25) is 0 Å². The van der Waals surface area contributed by atoms with Crippen molar-refractivity contribution >= 4 is 5.78 Å². The van der Waals surface area contributed by atoms with E-state index in [1.54, 1.807) is 0 Å². The van der Waals surface area contributed by atoms with Crippen molar-refractivity contribution in [1.29, 1.82) is 0 Å². The summed E-state index contributed by atoms with van der Waals surface area (Å²) < 4.78 is 11.1. The predicted octanol–water partition coefficient (Wildman–Crippen LogP) is 4.27. The first kappa shape index (κ1) is 16.1. The molecule has 0 aromatic heterocycles. The Labute approximate surface area is 131 Å². The topological polar surface area (TPSA) is 35.5 Å². The first-order valence-electron chi connectivity index (χ1n) is 7.72. The maximum Gasteiger partial charge on any atom is 0.133 e. The summed E-state index contributed by atoms with van der Waals surface area (Å²) in [6.45, 7) is 1.16. The van der Waals surface area contributed by atoms with Crippen LogP contribution in [0.5, 0.6) is 11.5 Å². The Bertz CT molecular complexity index is 488. The lowest BCUT2D eigenvalue weighted by Crippen LogP contribution is -2.05. The third kappa shape index (κ3) is 6.44. The highest BCUT2D eigenvalue weighted by molar-refractivity contribution is 5.78. The van der Waals surface area contributed by atoms with E-state index in [2.05, 4.69) is 0 Å². The number of rotatable bonds is 10. The number of carbonyl (C=O) groups is 1. The Morgan fingerprint density at radius 1 is 0.682 bits per heavy atom. The Hall–Kier alpha value is -2.29. The summed E-state index contributed by atoms with van der Waals surface area (Å²) in [5, 5.41) is 0. The molecule has 2 rings (SSSR count). The SMILES string of the molecule is O=C(CCCOc1ccccc1)CCCOc1ccccc1. The molecule has 0 aliphatic heterocycles. The van der Waals surface area contributed by atoms with Gasteiger partial charge in [-0.3, -0.25) is 4.79 Å². The van der Waals surface area contributed by atoms with Gasteiger partial charge in [-0.2, -0.15) is 0 Å². The lowest BCUT2D eigenvalue weighted by molar-refractivity contribution is -0.119. The number of hydrogen-bond donors (Lipinski definition) is 0. The molecule has 0 spiro atoms. The minimum absolute atomic E-state index is 0.272. The molecule has 0 bridgehead atoms. The largest absolute Gasteiger partial charge is 0.494 e. The van der Waals surface area contributed by atoms with Crippen LogP contribution in [-0.2, 0) is 4.79 Å². The number of carbonyl (C=O) groups excluding carboxylic acids is 1. The second kappa shape index (κ2) is 9.61. The molecule has 3 nitrogen and oxygen atoms in total. The van der Waals surface area contributed by atoms with Crippen LogP contribution in [0.3, 0.4) is 0 Å². The van der Waals surface area contributed by atoms with E-state index in [1.807, 2.05) is 60.7 Å². The van der Waals surface area contributed by atoms with E-state index in [4.69, 9.17) is 9.47 Å². The molecule has 0 heterocycles. The average molecular weight is 298 g/mol. The van der Waals surface area contributed by atoms with E-state index in [0.29, 0.717) is 26.1 Å². The van der Waals surface area contributed by atoms with Gasteiger partial charge in [0.05, 0.1) is 13.2 Å². The first-order valence-corrected chi connectivity index (χ1v) is 7.72. The zero-order valence-corrected chi connectivity index (χ0v) is 12.7. The van der Waals surface area contributed by atoms with E-state index in [0.717, 1.165) is 24.3 Å². The van der Waals surface area contributed by atoms with Gasteiger partial charge in [0, 0.05) is 12.8 Å². The Balaban J connectivity index is 1.49. The normalized spacial score (nSPS) is 10.2. The highest BCUT2D eigenvalue weighted by Gasteiger charge is 2.02. The second-order valence-corrected chi connectivity index (χ2v) is 5.07. The van der Waals surface area contributed by atoms with E-state index in [1.165, 1.54) is 0 Å². The lowest BCUT2D eigenvalue weighted by Gasteiger charge is -2.06. The van der Waals surface area contributed by atoms with Crippen molar-refractivity contribution in [3.05, 3.63) is 60.7 Å². The molecular weight excluding hydrogens is 276 g/mol. The van der Waals surface area contributed by atoms with Crippen molar-refractivity contribution in [3.63, 3.8) is 0 Å². The molecule has 0 unspecified atom stereocenters. The van der Waals surface area contributed by atoms with Gasteiger partial charge < -0.3 is 9.47 Å². The molecule has 0 amide bonds. The van der Waals surface area contributed by atoms with Crippen LogP contribution in [-0.4, -0.2) is 19.0 Å². The minimum Gasteiger partial charge on any atom is -0.494 e. The number of ether oxygens (including phenoxy) is 2. The maximum atomic E-state index is 11.8. The van der Waals surface area contributed by atoms with Crippen LogP contribution in [0, 0.1) is 0 Å². The number of para-hydroxylation sites is 2. The van der Waals surface area contributed by atoms with Gasteiger partial charge in [0.25, 0.3) is 0 Å². The van der Waals surface area contributed by atoms with Crippen molar-refractivity contribution in [1.82, 2.24) is 0 Å². The number of ketones is 1. The van der Waals surface area contributed by atoms with Crippen molar-refractivity contribution in [3.8, 4) is 11.5 Å². The molecule has 2 aromatic rings. The fourth-order valence-electron chi connectivity index (χ4n) is 2.08. The fourth-order valence-corrected chi connectivity index (χ4v) is 2.08. The molecule has 0 aliphatic carbocycles. The van der Waals surface area contributed by atoms with Crippen LogP contribution in [0.25, 0.3) is 0 Å². The monoisotopic (exact) mass is 298 g/mol. The van der Waals surface area contributed by atoms with Crippen LogP contribution in [0.15, 0.2) is 60.7 Å². The van der Waals surface area contributed by atoms with E-state index in [9.17, 15) is 4.79 Å².